The van der Waals surface area contributed by atoms with Crippen molar-refractivity contribution in [1.82, 2.24) is 9.88 Å². The second-order valence-corrected chi connectivity index (χ2v) is 8.68. The average Bonchev–Trinajstić information content (AvgIpc) is 2.90. The normalized spacial score (nSPS) is 19.5. The fourth-order valence-electron chi connectivity index (χ4n) is 3.19. The molecule has 0 spiro atoms. The first-order valence-corrected chi connectivity index (χ1v) is 10.2. The summed E-state index contributed by atoms with van der Waals surface area (Å²) in [6.07, 6.45) is 1.25. The summed E-state index contributed by atoms with van der Waals surface area (Å²) in [5, 5.41) is 0.987. The Balaban J connectivity index is 2.02. The molecule has 1 aromatic heterocycles. The highest BCUT2D eigenvalue weighted by atomic mass is 35.5. The Morgan fingerprint density at radius 2 is 2.12 bits per heavy atom. The van der Waals surface area contributed by atoms with Gasteiger partial charge in [-0.3, -0.25) is 4.79 Å². The molecule has 3 rings (SSSR count). The van der Waals surface area contributed by atoms with Gasteiger partial charge in [0.1, 0.15) is 5.15 Å². The minimum absolute atomic E-state index is 0.0372. The van der Waals surface area contributed by atoms with E-state index in [4.69, 9.17) is 11.6 Å². The summed E-state index contributed by atoms with van der Waals surface area (Å²) in [4.78, 5) is 19.1. The van der Waals surface area contributed by atoms with Crippen molar-refractivity contribution in [2.75, 3.05) is 18.1 Å². The van der Waals surface area contributed by atoms with Crippen molar-refractivity contribution in [3.63, 3.8) is 0 Å². The zero-order valence-electron chi connectivity index (χ0n) is 13.4. The molecule has 7 heteroatoms. The van der Waals surface area contributed by atoms with Gasteiger partial charge in [-0.1, -0.05) is 36.7 Å². The van der Waals surface area contributed by atoms with Crippen LogP contribution in [0.15, 0.2) is 30.3 Å². The van der Waals surface area contributed by atoms with E-state index in [9.17, 15) is 13.2 Å². The molecule has 1 fully saturated rings. The van der Waals surface area contributed by atoms with E-state index >= 15 is 0 Å². The Bertz CT molecular complexity index is 883. The van der Waals surface area contributed by atoms with Crippen LogP contribution in [0, 0.1) is 0 Å². The zero-order valence-corrected chi connectivity index (χ0v) is 15.0. The van der Waals surface area contributed by atoms with E-state index in [1.165, 1.54) is 0 Å². The molecular formula is C17H19ClN2O3S. The topological polar surface area (TPSA) is 67.3 Å². The van der Waals surface area contributed by atoms with E-state index in [0.29, 0.717) is 24.0 Å². The summed E-state index contributed by atoms with van der Waals surface area (Å²) in [6.45, 7) is 2.49. The molecule has 1 aliphatic rings. The summed E-state index contributed by atoms with van der Waals surface area (Å²) < 4.78 is 23.6. The number of para-hydroxylation sites is 1. The number of carbonyl (C=O) groups is 1. The Hall–Kier alpha value is -1.66. The van der Waals surface area contributed by atoms with Gasteiger partial charge in [-0.15, -0.1) is 0 Å². The van der Waals surface area contributed by atoms with Gasteiger partial charge in [-0.05, 0) is 25.0 Å². The van der Waals surface area contributed by atoms with Crippen LogP contribution in [0.25, 0.3) is 10.9 Å². The first-order chi connectivity index (χ1) is 11.4. The van der Waals surface area contributed by atoms with Crippen molar-refractivity contribution in [2.24, 2.45) is 0 Å². The predicted molar refractivity (Wildman–Crippen MR) is 95.1 cm³/mol. The number of benzene rings is 1. The van der Waals surface area contributed by atoms with Crippen LogP contribution in [-0.4, -0.2) is 48.3 Å². The molecule has 0 radical (unpaired) electrons. The minimum atomic E-state index is -3.06. The molecule has 1 saturated heterocycles. The quantitative estimate of drug-likeness (QED) is 0.780. The van der Waals surface area contributed by atoms with Crippen LogP contribution in [-0.2, 0) is 9.84 Å². The Morgan fingerprint density at radius 1 is 1.38 bits per heavy atom. The molecule has 2 heterocycles. The number of amides is 1. The minimum Gasteiger partial charge on any atom is -0.335 e. The Morgan fingerprint density at radius 3 is 2.79 bits per heavy atom. The number of halogens is 1. The molecule has 1 aliphatic heterocycles. The lowest BCUT2D eigenvalue weighted by atomic mass is 10.1. The van der Waals surface area contributed by atoms with E-state index in [0.717, 1.165) is 11.8 Å². The number of sulfone groups is 1. The number of carbonyl (C=O) groups excluding carboxylic acids is 1. The molecule has 5 nitrogen and oxygen atoms in total. The number of fused-ring (bicyclic) bond motifs is 1. The first-order valence-electron chi connectivity index (χ1n) is 7.98. The second-order valence-electron chi connectivity index (χ2n) is 6.07. The maximum absolute atomic E-state index is 13.1. The average molecular weight is 367 g/mol. The lowest BCUT2D eigenvalue weighted by Gasteiger charge is -2.28. The van der Waals surface area contributed by atoms with Crippen LogP contribution >= 0.6 is 11.6 Å². The lowest BCUT2D eigenvalue weighted by Crippen LogP contribution is -2.41. The molecule has 1 amide bonds. The van der Waals surface area contributed by atoms with Gasteiger partial charge in [-0.25, -0.2) is 13.4 Å². The van der Waals surface area contributed by atoms with E-state index in [-0.39, 0.29) is 28.6 Å². The summed E-state index contributed by atoms with van der Waals surface area (Å²) in [5.41, 5.74) is 1.13. The molecule has 0 aliphatic carbocycles. The third kappa shape index (κ3) is 3.39. The van der Waals surface area contributed by atoms with Gasteiger partial charge in [0.05, 0.1) is 22.6 Å². The first kappa shape index (κ1) is 17.2. The van der Waals surface area contributed by atoms with Crippen LogP contribution in [0.4, 0.5) is 0 Å². The van der Waals surface area contributed by atoms with Crippen LogP contribution < -0.4 is 0 Å². The molecule has 2 aromatic rings. The predicted octanol–water partition coefficient (Wildman–Crippen LogP) is 2.93. The van der Waals surface area contributed by atoms with Gasteiger partial charge in [0.25, 0.3) is 5.91 Å². The number of pyridine rings is 1. The van der Waals surface area contributed by atoms with Crippen molar-refractivity contribution < 1.29 is 13.2 Å². The van der Waals surface area contributed by atoms with Gasteiger partial charge in [0, 0.05) is 18.0 Å². The van der Waals surface area contributed by atoms with Crippen molar-refractivity contribution in [3.05, 3.63) is 41.0 Å². The van der Waals surface area contributed by atoms with Crippen LogP contribution in [0.3, 0.4) is 0 Å². The molecule has 1 aromatic carbocycles. The van der Waals surface area contributed by atoms with Crippen molar-refractivity contribution >= 4 is 38.2 Å². The fourth-order valence-corrected chi connectivity index (χ4v) is 5.12. The maximum atomic E-state index is 13.1. The smallest absolute Gasteiger partial charge is 0.254 e. The zero-order chi connectivity index (χ0) is 17.3. The molecule has 1 atom stereocenters. The Kier molecular flexibility index (Phi) is 4.78. The van der Waals surface area contributed by atoms with Gasteiger partial charge in [0.2, 0.25) is 0 Å². The number of hydrogen-bond donors (Lipinski definition) is 0. The SMILES string of the molecule is CCCN(C(=O)c1cc(Cl)nc2ccccc12)[C@@H]1CCS(=O)(=O)C1. The second kappa shape index (κ2) is 6.69. The van der Waals surface area contributed by atoms with Crippen LogP contribution in [0.2, 0.25) is 5.15 Å². The Labute approximate surface area is 146 Å². The highest BCUT2D eigenvalue weighted by Crippen LogP contribution is 2.25. The van der Waals surface area contributed by atoms with Gasteiger partial charge in [-0.2, -0.15) is 0 Å². The monoisotopic (exact) mass is 366 g/mol. The summed E-state index contributed by atoms with van der Waals surface area (Å²) >= 11 is 6.08. The van der Waals surface area contributed by atoms with Crippen molar-refractivity contribution in [2.45, 2.75) is 25.8 Å². The molecule has 24 heavy (non-hydrogen) atoms. The van der Waals surface area contributed by atoms with E-state index in [1.54, 1.807) is 11.0 Å². The third-order valence-corrected chi connectivity index (χ3v) is 6.23. The van der Waals surface area contributed by atoms with Gasteiger partial charge < -0.3 is 4.90 Å². The lowest BCUT2D eigenvalue weighted by molar-refractivity contribution is 0.0699. The number of nitrogens with zero attached hydrogens (tertiary/aromatic N) is 2. The number of aromatic nitrogens is 1. The van der Waals surface area contributed by atoms with E-state index in [1.807, 2.05) is 31.2 Å². The summed E-state index contributed by atoms with van der Waals surface area (Å²) in [7, 11) is -3.06. The largest absolute Gasteiger partial charge is 0.335 e. The molecule has 0 saturated carbocycles. The van der Waals surface area contributed by atoms with Crippen LogP contribution in [0.1, 0.15) is 30.1 Å². The number of rotatable bonds is 4. The van der Waals surface area contributed by atoms with Gasteiger partial charge in [0.15, 0.2) is 9.84 Å². The number of hydrogen-bond acceptors (Lipinski definition) is 4. The highest BCUT2D eigenvalue weighted by Gasteiger charge is 2.35. The maximum Gasteiger partial charge on any atom is 0.254 e. The third-order valence-electron chi connectivity index (χ3n) is 4.29. The summed E-state index contributed by atoms with van der Waals surface area (Å²) in [6, 6.07) is 8.63. The molecule has 0 N–H and O–H groups in total. The van der Waals surface area contributed by atoms with Crippen molar-refractivity contribution in [1.29, 1.82) is 0 Å². The summed E-state index contributed by atoms with van der Waals surface area (Å²) in [5.74, 6) is -0.00200. The standard InChI is InChI=1S/C17H19ClN2O3S/c1-2-8-20(12-7-9-24(22,23)11-12)17(21)14-10-16(18)19-15-6-4-3-5-13(14)15/h3-6,10,12H,2,7-9,11H2,1H3/t12-/m1/s1. The molecular weight excluding hydrogens is 348 g/mol. The van der Waals surface area contributed by atoms with E-state index < -0.39 is 9.84 Å². The molecule has 128 valence electrons. The van der Waals surface area contributed by atoms with Crippen LogP contribution in [0.5, 0.6) is 0 Å². The van der Waals surface area contributed by atoms with Gasteiger partial charge >= 0.3 is 0 Å². The molecule has 0 bridgehead atoms. The fraction of sp³-hybridized carbons (Fsp3) is 0.412. The van der Waals surface area contributed by atoms with E-state index in [2.05, 4.69) is 4.98 Å². The highest BCUT2D eigenvalue weighted by molar-refractivity contribution is 7.91. The van der Waals surface area contributed by atoms with Crippen molar-refractivity contribution in [3.8, 4) is 0 Å². The molecule has 0 unspecified atom stereocenters.